The Morgan fingerprint density at radius 3 is 2.68 bits per heavy atom. The number of nitrogens with one attached hydrogen (secondary N) is 1. The Labute approximate surface area is 187 Å². The van der Waals surface area contributed by atoms with Gasteiger partial charge in [0.15, 0.2) is 0 Å². The van der Waals surface area contributed by atoms with E-state index in [0.29, 0.717) is 11.6 Å². The van der Waals surface area contributed by atoms with Gasteiger partial charge in [-0.3, -0.25) is 4.79 Å². The fourth-order valence-corrected chi connectivity index (χ4v) is 4.18. The number of nitrogens with zero attached hydrogens (tertiary/aromatic N) is 2. The number of carbonyl (C=O) groups excluding carboxylic acids is 1. The lowest BCUT2D eigenvalue weighted by molar-refractivity contribution is 0.0696. The number of hydrogen-bond acceptors (Lipinski definition) is 5. The number of aromatic nitrogens is 1. The summed E-state index contributed by atoms with van der Waals surface area (Å²) in [6, 6.07) is 7.50. The van der Waals surface area contributed by atoms with Gasteiger partial charge >= 0.3 is 0 Å². The van der Waals surface area contributed by atoms with E-state index in [9.17, 15) is 4.79 Å². The molecule has 1 N–H and O–H groups in total. The maximum atomic E-state index is 13.1. The predicted octanol–water partition coefficient (Wildman–Crippen LogP) is 4.74. The number of halogens is 3. The van der Waals surface area contributed by atoms with Crippen molar-refractivity contribution in [1.29, 1.82) is 0 Å². The molecule has 2 aromatic rings. The van der Waals surface area contributed by atoms with Crippen LogP contribution in [0.5, 0.6) is 5.75 Å². The first-order chi connectivity index (χ1) is 12.6. The molecule has 1 fully saturated rings. The van der Waals surface area contributed by atoms with E-state index in [-0.39, 0.29) is 36.8 Å². The first-order valence-corrected chi connectivity index (χ1v) is 10.1. The monoisotopic (exact) mass is 465 g/mol. The Balaban J connectivity index is 0.00000196. The Morgan fingerprint density at radius 2 is 2.07 bits per heavy atom. The SMILES string of the molecule is CCCN(C(=O)c1sc(COc2ccc(Cl)cc2)nc1C)C1CCNC1.Cl.Cl. The molecule has 1 atom stereocenters. The number of amides is 1. The predicted molar refractivity (Wildman–Crippen MR) is 120 cm³/mol. The van der Waals surface area contributed by atoms with Gasteiger partial charge in [-0.2, -0.15) is 0 Å². The van der Waals surface area contributed by atoms with Crippen molar-refractivity contribution in [3.8, 4) is 5.75 Å². The first kappa shape index (κ1) is 25.0. The number of carbonyl (C=O) groups is 1. The summed E-state index contributed by atoms with van der Waals surface area (Å²) in [7, 11) is 0. The third-order valence-electron chi connectivity index (χ3n) is 4.41. The van der Waals surface area contributed by atoms with Gasteiger partial charge in [-0.25, -0.2) is 4.98 Å². The van der Waals surface area contributed by atoms with E-state index in [0.717, 1.165) is 53.8 Å². The molecular weight excluding hydrogens is 441 g/mol. The summed E-state index contributed by atoms with van der Waals surface area (Å²) in [6.07, 6.45) is 1.96. The van der Waals surface area contributed by atoms with Gasteiger partial charge in [0.25, 0.3) is 5.91 Å². The summed E-state index contributed by atoms with van der Waals surface area (Å²) >= 11 is 7.31. The molecule has 1 aromatic carbocycles. The van der Waals surface area contributed by atoms with E-state index in [1.165, 1.54) is 11.3 Å². The Bertz CT molecular complexity index is 749. The van der Waals surface area contributed by atoms with Crippen molar-refractivity contribution in [2.24, 2.45) is 0 Å². The van der Waals surface area contributed by atoms with E-state index in [1.807, 2.05) is 24.0 Å². The zero-order chi connectivity index (χ0) is 18.5. The van der Waals surface area contributed by atoms with Crippen LogP contribution in [0.4, 0.5) is 0 Å². The molecule has 0 bridgehead atoms. The van der Waals surface area contributed by atoms with Crippen molar-refractivity contribution in [3.63, 3.8) is 0 Å². The molecule has 1 unspecified atom stereocenters. The maximum absolute atomic E-state index is 13.1. The van der Waals surface area contributed by atoms with Crippen LogP contribution in [-0.4, -0.2) is 41.5 Å². The Morgan fingerprint density at radius 1 is 1.36 bits per heavy atom. The average Bonchev–Trinajstić information content (AvgIpc) is 3.28. The third kappa shape index (κ3) is 6.22. The van der Waals surface area contributed by atoms with Gasteiger partial charge < -0.3 is 15.0 Å². The van der Waals surface area contributed by atoms with Crippen LogP contribution in [0.3, 0.4) is 0 Å². The number of hydrogen-bond donors (Lipinski definition) is 1. The second-order valence-electron chi connectivity index (χ2n) is 6.41. The largest absolute Gasteiger partial charge is 0.486 e. The Kier molecular flexibility index (Phi) is 10.6. The molecule has 1 aromatic heterocycles. The van der Waals surface area contributed by atoms with E-state index in [2.05, 4.69) is 17.2 Å². The molecule has 156 valence electrons. The highest BCUT2D eigenvalue weighted by Gasteiger charge is 2.29. The molecule has 0 spiro atoms. The molecule has 2 heterocycles. The summed E-state index contributed by atoms with van der Waals surface area (Å²) in [4.78, 5) is 20.3. The second kappa shape index (κ2) is 11.8. The lowest BCUT2D eigenvalue weighted by atomic mass is 10.2. The number of rotatable bonds is 7. The lowest BCUT2D eigenvalue weighted by Gasteiger charge is -2.27. The number of thiazole rings is 1. The summed E-state index contributed by atoms with van der Waals surface area (Å²) in [5.74, 6) is 0.827. The second-order valence-corrected chi connectivity index (χ2v) is 7.93. The molecule has 5 nitrogen and oxygen atoms in total. The molecule has 3 rings (SSSR count). The Hall–Kier alpha value is -1.05. The quantitative estimate of drug-likeness (QED) is 0.640. The number of benzene rings is 1. The van der Waals surface area contributed by atoms with Crippen LogP contribution in [0.1, 0.15) is 40.1 Å². The summed E-state index contributed by atoms with van der Waals surface area (Å²) < 4.78 is 5.76. The number of aryl methyl sites for hydroxylation is 1. The van der Waals surface area contributed by atoms with Crippen molar-refractivity contribution in [2.75, 3.05) is 19.6 Å². The van der Waals surface area contributed by atoms with E-state index >= 15 is 0 Å². The normalized spacial score (nSPS) is 15.5. The van der Waals surface area contributed by atoms with Crippen LogP contribution in [0.2, 0.25) is 5.02 Å². The highest BCUT2D eigenvalue weighted by atomic mass is 35.5. The molecule has 1 saturated heterocycles. The molecule has 28 heavy (non-hydrogen) atoms. The fraction of sp³-hybridized carbons (Fsp3) is 0.474. The van der Waals surface area contributed by atoms with Crippen LogP contribution in [0.15, 0.2) is 24.3 Å². The van der Waals surface area contributed by atoms with Gasteiger partial charge in [0.05, 0.1) is 5.69 Å². The lowest BCUT2D eigenvalue weighted by Crippen LogP contribution is -2.42. The van der Waals surface area contributed by atoms with Crippen molar-refractivity contribution >= 4 is 53.7 Å². The molecule has 0 aliphatic carbocycles. The molecule has 1 aliphatic heterocycles. The number of ether oxygens (including phenoxy) is 1. The highest BCUT2D eigenvalue weighted by Crippen LogP contribution is 2.24. The topological polar surface area (TPSA) is 54.5 Å². The fourth-order valence-electron chi connectivity index (χ4n) is 3.12. The van der Waals surface area contributed by atoms with Crippen molar-refractivity contribution in [2.45, 2.75) is 39.3 Å². The highest BCUT2D eigenvalue weighted by molar-refractivity contribution is 7.13. The van der Waals surface area contributed by atoms with Gasteiger partial charge in [0, 0.05) is 24.2 Å². The van der Waals surface area contributed by atoms with Crippen LogP contribution in [0, 0.1) is 6.92 Å². The van der Waals surface area contributed by atoms with Crippen LogP contribution in [0.25, 0.3) is 0 Å². The standard InChI is InChI=1S/C19H24ClN3O2S.2ClH/c1-3-10-23(15-8-9-21-11-15)19(24)18-13(2)22-17(26-18)12-25-16-6-4-14(20)5-7-16;;/h4-7,15,21H,3,8-12H2,1-2H3;2*1H. The van der Waals surface area contributed by atoms with Crippen molar-refractivity contribution in [1.82, 2.24) is 15.2 Å². The molecule has 1 amide bonds. The zero-order valence-corrected chi connectivity index (χ0v) is 19.1. The van der Waals surface area contributed by atoms with Gasteiger partial charge in [0.1, 0.15) is 22.2 Å². The van der Waals surface area contributed by atoms with Gasteiger partial charge in [0.2, 0.25) is 0 Å². The third-order valence-corrected chi connectivity index (χ3v) is 5.78. The maximum Gasteiger partial charge on any atom is 0.266 e. The van der Waals surface area contributed by atoms with Gasteiger partial charge in [-0.1, -0.05) is 18.5 Å². The van der Waals surface area contributed by atoms with E-state index < -0.39 is 0 Å². The summed E-state index contributed by atoms with van der Waals surface area (Å²) in [5.41, 5.74) is 0.779. The molecule has 0 radical (unpaired) electrons. The first-order valence-electron chi connectivity index (χ1n) is 8.95. The summed E-state index contributed by atoms with van der Waals surface area (Å²) in [5, 5.41) is 4.83. The van der Waals surface area contributed by atoms with Crippen LogP contribution in [-0.2, 0) is 6.61 Å². The minimum atomic E-state index is 0. The van der Waals surface area contributed by atoms with Gasteiger partial charge in [-0.05, 0) is 50.6 Å². The van der Waals surface area contributed by atoms with E-state index in [4.69, 9.17) is 16.3 Å². The molecule has 9 heteroatoms. The minimum Gasteiger partial charge on any atom is -0.486 e. The molecule has 1 aliphatic rings. The van der Waals surface area contributed by atoms with Crippen LogP contribution < -0.4 is 10.1 Å². The van der Waals surface area contributed by atoms with Gasteiger partial charge in [-0.15, -0.1) is 36.2 Å². The summed E-state index contributed by atoms with van der Waals surface area (Å²) in [6.45, 7) is 6.97. The average molecular weight is 467 g/mol. The zero-order valence-electron chi connectivity index (χ0n) is 15.9. The van der Waals surface area contributed by atoms with Crippen molar-refractivity contribution in [3.05, 3.63) is 44.9 Å². The minimum absolute atomic E-state index is 0. The van der Waals surface area contributed by atoms with E-state index in [1.54, 1.807) is 12.1 Å². The molecule has 0 saturated carbocycles. The van der Waals surface area contributed by atoms with Crippen molar-refractivity contribution < 1.29 is 9.53 Å². The van der Waals surface area contributed by atoms with Crippen LogP contribution >= 0.6 is 47.8 Å². The smallest absolute Gasteiger partial charge is 0.266 e. The molecular formula is C19H26Cl3N3O2S.